The van der Waals surface area contributed by atoms with E-state index in [1.54, 1.807) is 0 Å². The average molecular weight is 1680 g/mol. The SMILES string of the molecule is CC(C)(C)c1ccc(-c2ccc3c(c2)B2c4cc(-c5ccc(C(C)(C)C)cc5)ccc4N(c4nc(-c5ccccc5)nc(-c5cccc([Si](c6ccccc6)(c6ccccc6)c6ccccc6)c5)n4)c4cc(-n5c6ccccc6c6ccccc65)cc(c42)N3c2nc(-c3ccccc3)nc(-c3cccc([Si](c4ccccc4)(c4ccccc4)c4ccccc4)c3)n2)cc1. The fourth-order valence-corrected chi connectivity index (χ4v) is 29.6. The molecule has 0 fully saturated rings. The second kappa shape index (κ2) is 32.0. The van der Waals surface area contributed by atoms with Gasteiger partial charge in [0.05, 0.1) is 16.7 Å². The molecule has 0 aliphatic carbocycles. The van der Waals surface area contributed by atoms with Gasteiger partial charge in [-0.25, -0.2) is 9.97 Å². The van der Waals surface area contributed by atoms with E-state index in [-0.39, 0.29) is 10.8 Å². The molecule has 0 N–H and O–H groups in total. The summed E-state index contributed by atoms with van der Waals surface area (Å²) in [5.41, 5.74) is 19.9. The molecule has 0 unspecified atom stereocenters. The molecule has 0 amide bonds. The number of nitrogens with zero attached hydrogens (tertiary/aromatic N) is 9. The van der Waals surface area contributed by atoms with Crippen molar-refractivity contribution in [2.75, 3.05) is 9.80 Å². The third-order valence-corrected chi connectivity index (χ3v) is 35.7. The lowest BCUT2D eigenvalue weighted by Gasteiger charge is -2.43. The lowest BCUT2D eigenvalue weighted by atomic mass is 9.33. The Balaban J connectivity index is 0.853. The predicted molar refractivity (Wildman–Crippen MR) is 539 cm³/mol. The summed E-state index contributed by atoms with van der Waals surface area (Å²) < 4.78 is 2.44. The molecule has 3 aromatic heterocycles. The van der Waals surface area contributed by atoms with Gasteiger partial charge in [0.25, 0.3) is 6.71 Å². The van der Waals surface area contributed by atoms with Crippen molar-refractivity contribution >= 4 is 137 Å². The molecule has 5 heterocycles. The largest absolute Gasteiger partial charge is 0.309 e. The van der Waals surface area contributed by atoms with Crippen molar-refractivity contribution in [2.24, 2.45) is 0 Å². The van der Waals surface area contributed by atoms with E-state index in [1.165, 1.54) is 52.6 Å². The van der Waals surface area contributed by atoms with Crippen LogP contribution in [0.4, 0.5) is 34.6 Å². The first-order valence-corrected chi connectivity index (χ1v) is 48.2. The Morgan fingerprint density at radius 1 is 0.227 bits per heavy atom. The fourth-order valence-electron chi connectivity index (χ4n) is 20.0. The smallest absolute Gasteiger partial charge is 0.252 e. The minimum Gasteiger partial charge on any atom is -0.309 e. The zero-order valence-corrected chi connectivity index (χ0v) is 74.2. The number of rotatable bonds is 17. The molecule has 17 aromatic carbocycles. The maximum Gasteiger partial charge on any atom is 0.252 e. The number of anilines is 6. The van der Waals surface area contributed by atoms with Gasteiger partial charge in [-0.1, -0.05) is 442 Å². The van der Waals surface area contributed by atoms with Crippen LogP contribution in [-0.2, 0) is 10.8 Å². The summed E-state index contributed by atoms with van der Waals surface area (Å²) in [5, 5.41) is 12.2. The van der Waals surface area contributed by atoms with Crippen molar-refractivity contribution in [1.29, 1.82) is 0 Å². The molecule has 0 radical (unpaired) electrons. The molecule has 610 valence electrons. The monoisotopic (exact) mass is 1680 g/mol. The van der Waals surface area contributed by atoms with Crippen molar-refractivity contribution in [3.05, 3.63) is 448 Å². The Labute approximate surface area is 750 Å². The van der Waals surface area contributed by atoms with Gasteiger partial charge in [0, 0.05) is 55.8 Å². The van der Waals surface area contributed by atoms with Gasteiger partial charge in [0.15, 0.2) is 39.4 Å². The minimum atomic E-state index is -3.11. The zero-order chi connectivity index (χ0) is 86.2. The Bertz CT molecular complexity index is 6930. The van der Waals surface area contributed by atoms with Gasteiger partial charge >= 0.3 is 0 Å². The quantitative estimate of drug-likeness (QED) is 0.0658. The number of fused-ring (bicyclic) bond motifs is 7. The molecule has 0 bridgehead atoms. The number of para-hydroxylation sites is 2. The maximum absolute atomic E-state index is 6.04. The van der Waals surface area contributed by atoms with E-state index in [0.717, 1.165) is 111 Å². The van der Waals surface area contributed by atoms with Crippen LogP contribution in [0.2, 0.25) is 0 Å². The molecule has 9 nitrogen and oxygen atoms in total. The Hall–Kier alpha value is -15.3. The molecule has 20 aromatic rings. The van der Waals surface area contributed by atoms with Crippen LogP contribution in [0.3, 0.4) is 0 Å². The molecule has 12 heteroatoms. The van der Waals surface area contributed by atoms with Crippen LogP contribution in [0.15, 0.2) is 437 Å². The van der Waals surface area contributed by atoms with E-state index >= 15 is 0 Å². The highest BCUT2D eigenvalue weighted by Gasteiger charge is 2.48. The van der Waals surface area contributed by atoms with Crippen LogP contribution in [-0.4, -0.2) is 57.3 Å². The molecule has 22 rings (SSSR count). The Morgan fingerprint density at radius 2 is 0.508 bits per heavy atom. The summed E-state index contributed by atoms with van der Waals surface area (Å²) in [6.45, 7) is 13.3. The molecule has 0 saturated carbocycles. The molecule has 128 heavy (non-hydrogen) atoms. The summed E-state index contributed by atoms with van der Waals surface area (Å²) in [6, 6.07) is 161. The van der Waals surface area contributed by atoms with Crippen LogP contribution < -0.4 is 67.7 Å². The second-order valence-corrected chi connectivity index (χ2v) is 43.3. The van der Waals surface area contributed by atoms with Crippen LogP contribution in [0.5, 0.6) is 0 Å². The third-order valence-electron chi connectivity index (χ3n) is 26.1. The van der Waals surface area contributed by atoms with Crippen LogP contribution >= 0.6 is 0 Å². The lowest BCUT2D eigenvalue weighted by molar-refractivity contribution is 0.590. The van der Waals surface area contributed by atoms with Crippen molar-refractivity contribution < 1.29 is 0 Å². The Kier molecular flexibility index (Phi) is 19.7. The number of benzene rings is 17. The van der Waals surface area contributed by atoms with Gasteiger partial charge in [-0.15, -0.1) is 0 Å². The van der Waals surface area contributed by atoms with E-state index in [4.69, 9.17) is 29.9 Å². The summed E-state index contributed by atoms with van der Waals surface area (Å²) in [6.07, 6.45) is 0. The van der Waals surface area contributed by atoms with E-state index in [2.05, 4.69) is 493 Å². The third kappa shape index (κ3) is 13.6. The first-order chi connectivity index (χ1) is 62.7. The van der Waals surface area contributed by atoms with E-state index in [0.29, 0.717) is 35.2 Å². The maximum atomic E-state index is 6.04. The van der Waals surface area contributed by atoms with Crippen molar-refractivity contribution in [2.45, 2.75) is 52.4 Å². The molecular formula is C116H90BN9Si2. The normalized spacial score (nSPS) is 12.6. The summed E-state index contributed by atoms with van der Waals surface area (Å²) in [5.74, 6) is 3.00. The zero-order valence-electron chi connectivity index (χ0n) is 72.2. The lowest BCUT2D eigenvalue weighted by Crippen LogP contribution is -2.74. The fraction of sp³-hybridized carbons (Fsp3) is 0.0690. The second-order valence-electron chi connectivity index (χ2n) is 35.7. The highest BCUT2D eigenvalue weighted by Crippen LogP contribution is 2.48. The van der Waals surface area contributed by atoms with Crippen molar-refractivity contribution in [3.63, 3.8) is 0 Å². The van der Waals surface area contributed by atoms with E-state index in [9.17, 15) is 0 Å². The average Bonchev–Trinajstić information content (AvgIpc) is 0.937. The number of hydrogen-bond acceptors (Lipinski definition) is 8. The van der Waals surface area contributed by atoms with Crippen molar-refractivity contribution in [3.8, 4) is 73.5 Å². The van der Waals surface area contributed by atoms with Gasteiger partial charge < -0.3 is 4.57 Å². The van der Waals surface area contributed by atoms with E-state index < -0.39 is 22.9 Å². The predicted octanol–water partition coefficient (Wildman–Crippen LogP) is 20.6. The van der Waals surface area contributed by atoms with E-state index in [1.807, 2.05) is 0 Å². The highest BCUT2D eigenvalue weighted by molar-refractivity contribution is 7.20. The first kappa shape index (κ1) is 78.6. The molecular weight excluding hydrogens is 1590 g/mol. The molecule has 2 aliphatic heterocycles. The Morgan fingerprint density at radius 3 is 0.836 bits per heavy atom. The van der Waals surface area contributed by atoms with Gasteiger partial charge in [-0.2, -0.15) is 19.9 Å². The van der Waals surface area contributed by atoms with Gasteiger partial charge in [-0.3, -0.25) is 9.80 Å². The summed E-state index contributed by atoms with van der Waals surface area (Å²) in [4.78, 5) is 40.0. The van der Waals surface area contributed by atoms with Gasteiger partial charge in [0.2, 0.25) is 11.9 Å². The summed E-state index contributed by atoms with van der Waals surface area (Å²) >= 11 is 0. The van der Waals surface area contributed by atoms with Crippen LogP contribution in [0.25, 0.3) is 95.3 Å². The molecule has 0 saturated heterocycles. The van der Waals surface area contributed by atoms with Crippen LogP contribution in [0, 0.1) is 0 Å². The number of aromatic nitrogens is 7. The van der Waals surface area contributed by atoms with Gasteiger partial charge in [-0.05, 0) is 138 Å². The standard InChI is InChI=1S/C116H90BN9Si2/c1-115(2,3)87-67-61-79(62-68-87)83-65-71-104-100(75-83)117-101-76-84(80-63-69-88(70-64-80)116(4,5)6)66-72-105(101)126(114-121-110(82-39-17-8-18-40-82)119-112(123-114)86-42-36-56-97(74-86)128(93-49-25-12-26-50-93,94-51-27-13-28-52-94)95-53-29-14-30-54-95)107-78-89(124-102-59-33-31-57-98(102)99-58-32-34-60-103(99)124)77-106(108(107)117)125(104)113-120-109(81-37-15-7-16-38-81)118-111(122-113)85-41-35-55-96(73-85)127(90-43-19-9-20-44-90,91-45-21-10-22-46-91)92-47-23-11-24-48-92/h7-78H,1-6H3. The molecule has 0 atom stereocenters. The molecule has 0 spiro atoms. The summed E-state index contributed by atoms with van der Waals surface area (Å²) in [7, 11) is -6.22. The minimum absolute atomic E-state index is 0.0681. The highest BCUT2D eigenvalue weighted by atomic mass is 28.3. The van der Waals surface area contributed by atoms with Crippen LogP contribution in [0.1, 0.15) is 52.7 Å². The topological polar surface area (TPSA) is 88.8 Å². The molecule has 2 aliphatic rings. The van der Waals surface area contributed by atoms with Gasteiger partial charge in [0.1, 0.15) is 0 Å². The number of hydrogen-bond donors (Lipinski definition) is 0. The van der Waals surface area contributed by atoms with Crippen molar-refractivity contribution in [1.82, 2.24) is 34.5 Å². The first-order valence-electron chi connectivity index (χ1n) is 44.2.